The number of aromatic nitrogens is 2. The van der Waals surface area contributed by atoms with Gasteiger partial charge in [0.25, 0.3) is 0 Å². The molecule has 0 aliphatic heterocycles. The van der Waals surface area contributed by atoms with Gasteiger partial charge in [0.15, 0.2) is 0 Å². The molecule has 0 atom stereocenters. The van der Waals surface area contributed by atoms with Crippen molar-refractivity contribution in [1.29, 1.82) is 0 Å². The zero-order valence-electron chi connectivity index (χ0n) is 13.2. The second-order valence-corrected chi connectivity index (χ2v) is 6.56. The molecule has 4 heteroatoms. The number of thioether (sulfide) groups is 1. The van der Waals surface area contributed by atoms with Gasteiger partial charge in [-0.2, -0.15) is 16.9 Å². The van der Waals surface area contributed by atoms with Crippen molar-refractivity contribution in [1.82, 2.24) is 15.1 Å². The van der Waals surface area contributed by atoms with Crippen molar-refractivity contribution in [2.75, 3.05) is 12.8 Å². The fourth-order valence-electron chi connectivity index (χ4n) is 2.46. The second-order valence-electron chi connectivity index (χ2n) is 5.28. The summed E-state index contributed by atoms with van der Waals surface area (Å²) in [5, 5.41) is 8.19. The van der Waals surface area contributed by atoms with Gasteiger partial charge in [0.05, 0.1) is 11.4 Å². The first-order valence-corrected chi connectivity index (χ1v) is 8.81. The quantitative estimate of drug-likeness (QED) is 0.802. The van der Waals surface area contributed by atoms with Crippen LogP contribution < -0.4 is 5.32 Å². The summed E-state index contributed by atoms with van der Waals surface area (Å²) in [6.45, 7) is 6.39. The normalized spacial score (nSPS) is 11.8. The molecule has 0 saturated heterocycles. The summed E-state index contributed by atoms with van der Waals surface area (Å²) < 4.78 is 2.28. The molecule has 0 radical (unpaired) electrons. The molecular formula is C17H25N3S. The van der Waals surface area contributed by atoms with E-state index in [9.17, 15) is 0 Å². The zero-order chi connectivity index (χ0) is 15.1. The predicted octanol–water partition coefficient (Wildman–Crippen LogP) is 3.88. The SMILES string of the molecule is CCC(CC)(CNCc1ccn(-c2ccccc2)n1)SC. The van der Waals surface area contributed by atoms with Crippen LogP contribution in [0.5, 0.6) is 0 Å². The highest BCUT2D eigenvalue weighted by Gasteiger charge is 2.24. The van der Waals surface area contributed by atoms with Crippen LogP contribution in [0.2, 0.25) is 0 Å². The lowest BCUT2D eigenvalue weighted by Gasteiger charge is -2.29. The fourth-order valence-corrected chi connectivity index (χ4v) is 3.28. The predicted molar refractivity (Wildman–Crippen MR) is 92.1 cm³/mol. The Balaban J connectivity index is 1.92. The van der Waals surface area contributed by atoms with Gasteiger partial charge in [-0.15, -0.1) is 0 Å². The first-order valence-electron chi connectivity index (χ1n) is 7.59. The highest BCUT2D eigenvalue weighted by molar-refractivity contribution is 8.00. The van der Waals surface area contributed by atoms with Gasteiger partial charge in [-0.05, 0) is 37.3 Å². The summed E-state index contributed by atoms with van der Waals surface area (Å²) in [5.41, 5.74) is 2.19. The van der Waals surface area contributed by atoms with Gasteiger partial charge in [-0.3, -0.25) is 0 Å². The van der Waals surface area contributed by atoms with Crippen molar-refractivity contribution in [3.05, 3.63) is 48.3 Å². The summed E-state index contributed by atoms with van der Waals surface area (Å²) in [6, 6.07) is 12.3. The van der Waals surface area contributed by atoms with E-state index >= 15 is 0 Å². The molecule has 0 fully saturated rings. The molecule has 1 heterocycles. The fraction of sp³-hybridized carbons (Fsp3) is 0.471. The summed E-state index contributed by atoms with van der Waals surface area (Å²) in [4.78, 5) is 0. The summed E-state index contributed by atoms with van der Waals surface area (Å²) >= 11 is 1.97. The Bertz CT molecular complexity index is 524. The van der Waals surface area contributed by atoms with Crippen molar-refractivity contribution in [2.45, 2.75) is 38.0 Å². The number of para-hydroxylation sites is 1. The minimum absolute atomic E-state index is 0.349. The Labute approximate surface area is 132 Å². The van der Waals surface area contributed by atoms with E-state index in [4.69, 9.17) is 0 Å². The van der Waals surface area contributed by atoms with Crippen molar-refractivity contribution in [2.24, 2.45) is 0 Å². The monoisotopic (exact) mass is 303 g/mol. The van der Waals surface area contributed by atoms with Crippen molar-refractivity contribution < 1.29 is 0 Å². The van der Waals surface area contributed by atoms with Crippen molar-refractivity contribution in [3.63, 3.8) is 0 Å². The summed E-state index contributed by atoms with van der Waals surface area (Å²) in [7, 11) is 0. The highest BCUT2D eigenvalue weighted by atomic mass is 32.2. The summed E-state index contributed by atoms with van der Waals surface area (Å²) in [5.74, 6) is 0. The standard InChI is InChI=1S/C17H25N3S/c1-4-17(5-2,21-3)14-18-13-15-11-12-20(19-15)16-9-7-6-8-10-16/h6-12,18H,4-5,13-14H2,1-3H3. The van der Waals surface area contributed by atoms with E-state index in [0.717, 1.165) is 24.5 Å². The lowest BCUT2D eigenvalue weighted by atomic mass is 10.0. The molecule has 0 spiro atoms. The third kappa shape index (κ3) is 4.11. The van der Waals surface area contributed by atoms with Gasteiger partial charge in [-0.1, -0.05) is 32.0 Å². The van der Waals surface area contributed by atoms with E-state index in [2.05, 4.69) is 48.7 Å². The molecule has 0 aliphatic rings. The molecule has 1 aromatic heterocycles. The highest BCUT2D eigenvalue weighted by Crippen LogP contribution is 2.29. The third-order valence-electron chi connectivity index (χ3n) is 4.14. The molecule has 3 nitrogen and oxygen atoms in total. The summed E-state index contributed by atoms with van der Waals surface area (Å²) in [6.07, 6.45) is 6.61. The minimum Gasteiger partial charge on any atom is -0.310 e. The molecular weight excluding hydrogens is 278 g/mol. The van der Waals surface area contributed by atoms with E-state index in [1.54, 1.807) is 0 Å². The average molecular weight is 303 g/mol. The smallest absolute Gasteiger partial charge is 0.0766 e. The van der Waals surface area contributed by atoms with E-state index in [-0.39, 0.29) is 0 Å². The first-order chi connectivity index (χ1) is 10.2. The van der Waals surface area contributed by atoms with Crippen LogP contribution in [0.4, 0.5) is 0 Å². The Hall–Kier alpha value is -1.26. The van der Waals surface area contributed by atoms with Gasteiger partial charge in [0.1, 0.15) is 0 Å². The molecule has 2 rings (SSSR count). The van der Waals surface area contributed by atoms with Crippen LogP contribution in [0.25, 0.3) is 5.69 Å². The molecule has 0 bridgehead atoms. The molecule has 114 valence electrons. The van der Waals surface area contributed by atoms with E-state index < -0.39 is 0 Å². The molecule has 1 N–H and O–H groups in total. The molecule has 0 unspecified atom stereocenters. The van der Waals surface area contributed by atoms with Gasteiger partial charge < -0.3 is 5.32 Å². The van der Waals surface area contributed by atoms with Crippen LogP contribution in [0, 0.1) is 0 Å². The van der Waals surface area contributed by atoms with Gasteiger partial charge >= 0.3 is 0 Å². The molecule has 0 amide bonds. The van der Waals surface area contributed by atoms with Gasteiger partial charge in [0, 0.05) is 24.0 Å². The lowest BCUT2D eigenvalue weighted by Crippen LogP contribution is -2.36. The van der Waals surface area contributed by atoms with E-state index in [1.165, 1.54) is 12.8 Å². The maximum atomic E-state index is 4.62. The molecule has 21 heavy (non-hydrogen) atoms. The first kappa shape index (κ1) is 16.1. The topological polar surface area (TPSA) is 29.9 Å². The number of rotatable bonds is 8. The number of nitrogens with zero attached hydrogens (tertiary/aromatic N) is 2. The van der Waals surface area contributed by atoms with Gasteiger partial charge in [-0.25, -0.2) is 4.68 Å². The molecule has 0 aliphatic carbocycles. The van der Waals surface area contributed by atoms with Gasteiger partial charge in [0.2, 0.25) is 0 Å². The maximum absolute atomic E-state index is 4.62. The molecule has 2 aromatic rings. The van der Waals surface area contributed by atoms with Crippen LogP contribution in [-0.2, 0) is 6.54 Å². The van der Waals surface area contributed by atoms with Crippen LogP contribution in [0.15, 0.2) is 42.6 Å². The van der Waals surface area contributed by atoms with E-state index in [1.807, 2.05) is 40.8 Å². The molecule has 1 aromatic carbocycles. The minimum atomic E-state index is 0.349. The Kier molecular flexibility index (Phi) is 5.88. The maximum Gasteiger partial charge on any atom is 0.0766 e. The second kappa shape index (κ2) is 7.66. The average Bonchev–Trinajstić information content (AvgIpc) is 3.02. The number of benzene rings is 1. The van der Waals surface area contributed by atoms with Crippen LogP contribution in [0.3, 0.4) is 0 Å². The van der Waals surface area contributed by atoms with Crippen LogP contribution in [-0.4, -0.2) is 27.3 Å². The number of hydrogen-bond acceptors (Lipinski definition) is 3. The van der Waals surface area contributed by atoms with Crippen molar-refractivity contribution in [3.8, 4) is 5.69 Å². The Morgan fingerprint density at radius 3 is 2.48 bits per heavy atom. The third-order valence-corrected chi connectivity index (χ3v) is 5.73. The lowest BCUT2D eigenvalue weighted by molar-refractivity contribution is 0.492. The molecule has 0 saturated carbocycles. The van der Waals surface area contributed by atoms with E-state index in [0.29, 0.717) is 4.75 Å². The van der Waals surface area contributed by atoms with Crippen molar-refractivity contribution >= 4 is 11.8 Å². The van der Waals surface area contributed by atoms with Crippen LogP contribution in [0.1, 0.15) is 32.4 Å². The Morgan fingerprint density at radius 2 is 1.86 bits per heavy atom. The number of hydrogen-bond donors (Lipinski definition) is 1. The largest absolute Gasteiger partial charge is 0.310 e. The zero-order valence-corrected chi connectivity index (χ0v) is 14.0. The number of nitrogens with one attached hydrogen (secondary N) is 1. The van der Waals surface area contributed by atoms with Crippen LogP contribution >= 0.6 is 11.8 Å². The Morgan fingerprint density at radius 1 is 1.14 bits per heavy atom.